The van der Waals surface area contributed by atoms with Gasteiger partial charge in [0.15, 0.2) is 0 Å². The molecule has 1 N–H and O–H groups in total. The molecule has 0 atom stereocenters. The lowest BCUT2D eigenvalue weighted by Gasteiger charge is -2.29. The molecule has 7 nitrogen and oxygen atoms in total. The summed E-state index contributed by atoms with van der Waals surface area (Å²) >= 11 is 0. The van der Waals surface area contributed by atoms with Crippen molar-refractivity contribution in [3.63, 3.8) is 0 Å². The van der Waals surface area contributed by atoms with Crippen LogP contribution < -0.4 is 10.2 Å². The lowest BCUT2D eigenvalue weighted by Crippen LogP contribution is -2.42. The normalized spacial score (nSPS) is 13.6. The van der Waals surface area contributed by atoms with Crippen LogP contribution >= 0.6 is 0 Å². The molecule has 0 fully saturated rings. The number of para-hydroxylation sites is 2. The summed E-state index contributed by atoms with van der Waals surface area (Å²) in [6.45, 7) is 0.107. The Hall–Kier alpha value is -3.49. The van der Waals surface area contributed by atoms with Gasteiger partial charge in [0, 0.05) is 19.2 Å². The van der Waals surface area contributed by atoms with Gasteiger partial charge in [0.05, 0.1) is 16.3 Å². The number of benzene rings is 3. The number of sulfonamides is 1. The van der Waals surface area contributed by atoms with Gasteiger partial charge in [-0.3, -0.25) is 14.5 Å². The van der Waals surface area contributed by atoms with Crippen molar-refractivity contribution in [3.05, 3.63) is 90.0 Å². The molecule has 0 saturated heterocycles. The fourth-order valence-electron chi connectivity index (χ4n) is 3.44. The van der Waals surface area contributed by atoms with Crippen LogP contribution in [0.25, 0.3) is 0 Å². The van der Waals surface area contributed by atoms with Gasteiger partial charge in [-0.05, 0) is 42.0 Å². The highest BCUT2D eigenvalue weighted by Gasteiger charge is 2.27. The molecule has 158 valence electrons. The zero-order valence-electron chi connectivity index (χ0n) is 16.9. The number of rotatable bonds is 5. The van der Waals surface area contributed by atoms with Crippen LogP contribution in [0.15, 0.2) is 83.8 Å². The zero-order chi connectivity index (χ0) is 22.0. The van der Waals surface area contributed by atoms with Gasteiger partial charge in [0.2, 0.25) is 15.9 Å². The Morgan fingerprint density at radius 2 is 1.61 bits per heavy atom. The lowest BCUT2D eigenvalue weighted by atomic mass is 10.1. The first kappa shape index (κ1) is 20.8. The third-order valence-electron chi connectivity index (χ3n) is 5.07. The minimum atomic E-state index is -3.61. The van der Waals surface area contributed by atoms with Gasteiger partial charge in [0.1, 0.15) is 6.54 Å². The fourth-order valence-corrected chi connectivity index (χ4v) is 4.62. The Kier molecular flexibility index (Phi) is 5.58. The van der Waals surface area contributed by atoms with E-state index in [0.29, 0.717) is 16.9 Å². The first-order valence-electron chi connectivity index (χ1n) is 9.67. The highest BCUT2D eigenvalue weighted by molar-refractivity contribution is 7.89. The third-order valence-corrected chi connectivity index (χ3v) is 6.89. The Bertz CT molecular complexity index is 1230. The molecule has 0 aromatic heterocycles. The molecule has 3 aromatic rings. The molecule has 0 radical (unpaired) electrons. The van der Waals surface area contributed by atoms with Gasteiger partial charge < -0.3 is 5.32 Å². The second kappa shape index (κ2) is 8.33. The quantitative estimate of drug-likeness (QED) is 0.667. The van der Waals surface area contributed by atoms with Gasteiger partial charge in [-0.25, -0.2) is 8.42 Å². The van der Waals surface area contributed by atoms with Crippen molar-refractivity contribution < 1.29 is 18.0 Å². The second-order valence-corrected chi connectivity index (χ2v) is 9.27. The average Bonchev–Trinajstić information content (AvgIpc) is 2.79. The summed E-state index contributed by atoms with van der Waals surface area (Å²) in [7, 11) is -2.09. The van der Waals surface area contributed by atoms with E-state index in [1.165, 1.54) is 16.3 Å². The molecule has 1 heterocycles. The van der Waals surface area contributed by atoms with Crippen molar-refractivity contribution in [2.24, 2.45) is 0 Å². The highest BCUT2D eigenvalue weighted by atomic mass is 32.2. The molecule has 4 rings (SSSR count). The molecule has 8 heteroatoms. The first-order chi connectivity index (χ1) is 14.9. The molecule has 3 aromatic carbocycles. The van der Waals surface area contributed by atoms with Crippen molar-refractivity contribution in [2.75, 3.05) is 23.8 Å². The highest BCUT2D eigenvalue weighted by Crippen LogP contribution is 2.30. The smallest absolute Gasteiger partial charge is 0.258 e. The van der Waals surface area contributed by atoms with E-state index in [0.717, 1.165) is 5.56 Å². The number of nitrogens with one attached hydrogen (secondary N) is 1. The Morgan fingerprint density at radius 1 is 0.968 bits per heavy atom. The average molecular weight is 436 g/mol. The van der Waals surface area contributed by atoms with E-state index < -0.39 is 10.0 Å². The molecular formula is C23H21N3O4S. The van der Waals surface area contributed by atoms with Gasteiger partial charge in [-0.1, -0.05) is 42.5 Å². The van der Waals surface area contributed by atoms with Crippen LogP contribution in [-0.4, -0.2) is 38.1 Å². The van der Waals surface area contributed by atoms with Crippen LogP contribution in [0.2, 0.25) is 0 Å². The summed E-state index contributed by atoms with van der Waals surface area (Å²) in [5.41, 5.74) is 2.40. The maximum Gasteiger partial charge on any atom is 0.258 e. The predicted molar refractivity (Wildman–Crippen MR) is 118 cm³/mol. The molecule has 0 spiro atoms. The van der Waals surface area contributed by atoms with Crippen LogP contribution in [-0.2, 0) is 21.4 Å². The summed E-state index contributed by atoms with van der Waals surface area (Å²) < 4.78 is 26.7. The molecule has 1 aliphatic heterocycles. The number of carbonyl (C=O) groups is 2. The molecule has 1 aliphatic rings. The molecule has 0 aliphatic carbocycles. The van der Waals surface area contributed by atoms with Crippen LogP contribution in [0, 0.1) is 0 Å². The molecule has 0 unspecified atom stereocenters. The van der Waals surface area contributed by atoms with E-state index in [2.05, 4.69) is 5.32 Å². The second-order valence-electron chi connectivity index (χ2n) is 7.23. The Balaban J connectivity index is 1.51. The summed E-state index contributed by atoms with van der Waals surface area (Å²) in [4.78, 5) is 26.7. The molecular weight excluding hydrogens is 414 g/mol. The number of fused-ring (bicyclic) bond motifs is 1. The minimum absolute atomic E-state index is 0.0599. The Labute approximate surface area is 181 Å². The van der Waals surface area contributed by atoms with Crippen molar-refractivity contribution >= 4 is 33.2 Å². The van der Waals surface area contributed by atoms with Gasteiger partial charge in [-0.2, -0.15) is 4.31 Å². The van der Waals surface area contributed by atoms with Crippen LogP contribution in [0.1, 0.15) is 15.9 Å². The summed E-state index contributed by atoms with van der Waals surface area (Å²) in [6.07, 6.45) is 0. The molecule has 2 amide bonds. The number of anilines is 2. The third kappa shape index (κ3) is 4.21. The van der Waals surface area contributed by atoms with E-state index in [1.807, 2.05) is 6.07 Å². The van der Waals surface area contributed by atoms with Crippen LogP contribution in [0.3, 0.4) is 0 Å². The maximum absolute atomic E-state index is 13.0. The van der Waals surface area contributed by atoms with Gasteiger partial charge in [0.25, 0.3) is 5.91 Å². The van der Waals surface area contributed by atoms with Crippen LogP contribution in [0.5, 0.6) is 0 Å². The van der Waals surface area contributed by atoms with Crippen molar-refractivity contribution in [2.45, 2.75) is 11.4 Å². The predicted octanol–water partition coefficient (Wildman–Crippen LogP) is 3.11. The number of hydrogen-bond acceptors (Lipinski definition) is 4. The van der Waals surface area contributed by atoms with E-state index in [4.69, 9.17) is 0 Å². The number of amides is 2. The maximum atomic E-state index is 13.0. The first-order valence-corrected chi connectivity index (χ1v) is 11.1. The lowest BCUT2D eigenvalue weighted by molar-refractivity contribution is -0.115. The number of carbonyl (C=O) groups excluding carboxylic acids is 2. The van der Waals surface area contributed by atoms with E-state index >= 15 is 0 Å². The summed E-state index contributed by atoms with van der Waals surface area (Å²) in [5.74, 6) is -0.546. The standard InChI is InChI=1S/C23H21N3O4S/c1-25(31(29,30)19-7-3-2-4-8-19)15-17-11-13-18(14-12-17)23(28)26-16-22(27)24-20-9-5-6-10-21(20)26/h2-14H,15-16H2,1H3,(H,24,27). The minimum Gasteiger partial charge on any atom is -0.323 e. The molecule has 0 saturated carbocycles. The monoisotopic (exact) mass is 435 g/mol. The van der Waals surface area contributed by atoms with Crippen LogP contribution in [0.4, 0.5) is 11.4 Å². The summed E-state index contributed by atoms with van der Waals surface area (Å²) in [5, 5.41) is 2.76. The molecule has 0 bridgehead atoms. The van der Waals surface area contributed by atoms with Gasteiger partial charge >= 0.3 is 0 Å². The number of hydrogen-bond donors (Lipinski definition) is 1. The van der Waals surface area contributed by atoms with Gasteiger partial charge in [-0.15, -0.1) is 0 Å². The largest absolute Gasteiger partial charge is 0.323 e. The summed E-state index contributed by atoms with van der Waals surface area (Å²) in [6, 6.07) is 22.1. The Morgan fingerprint density at radius 3 is 2.32 bits per heavy atom. The topological polar surface area (TPSA) is 86.8 Å². The van der Waals surface area contributed by atoms with E-state index in [9.17, 15) is 18.0 Å². The fraction of sp³-hybridized carbons (Fsp3) is 0.130. The van der Waals surface area contributed by atoms with Crippen molar-refractivity contribution in [1.29, 1.82) is 0 Å². The number of nitrogens with zero attached hydrogens (tertiary/aromatic N) is 2. The molecule has 31 heavy (non-hydrogen) atoms. The SMILES string of the molecule is CN(Cc1ccc(C(=O)N2CC(=O)Nc3ccccc32)cc1)S(=O)(=O)c1ccccc1. The zero-order valence-corrected chi connectivity index (χ0v) is 17.7. The van der Waals surface area contributed by atoms with E-state index in [1.54, 1.807) is 72.8 Å². The van der Waals surface area contributed by atoms with Crippen molar-refractivity contribution in [3.8, 4) is 0 Å². The van der Waals surface area contributed by atoms with E-state index in [-0.39, 0.29) is 29.8 Å². The van der Waals surface area contributed by atoms with Crippen molar-refractivity contribution in [1.82, 2.24) is 4.31 Å².